The van der Waals surface area contributed by atoms with Crippen molar-refractivity contribution in [3.63, 3.8) is 0 Å². The molecule has 32 heavy (non-hydrogen) atoms. The van der Waals surface area contributed by atoms with Crippen LogP contribution in [-0.4, -0.2) is 53.0 Å². The molecule has 0 spiro atoms. The van der Waals surface area contributed by atoms with Crippen molar-refractivity contribution in [3.05, 3.63) is 59.9 Å². The van der Waals surface area contributed by atoms with Gasteiger partial charge in [-0.2, -0.15) is 0 Å². The number of nitrogens with zero attached hydrogens (tertiary/aromatic N) is 3. The maximum absolute atomic E-state index is 12.8. The second kappa shape index (κ2) is 10.3. The summed E-state index contributed by atoms with van der Waals surface area (Å²) in [5.74, 6) is 1.82. The van der Waals surface area contributed by atoms with Gasteiger partial charge in [0, 0.05) is 26.1 Å². The molecule has 2 aromatic carbocycles. The van der Waals surface area contributed by atoms with Crippen molar-refractivity contribution in [2.45, 2.75) is 38.6 Å². The zero-order valence-corrected chi connectivity index (χ0v) is 18.5. The van der Waals surface area contributed by atoms with Gasteiger partial charge in [-0.05, 0) is 49.1 Å². The van der Waals surface area contributed by atoms with Crippen LogP contribution < -0.4 is 10.1 Å². The van der Waals surface area contributed by atoms with E-state index in [0.717, 1.165) is 60.5 Å². The molecular weight excluding hydrogens is 404 g/mol. The molecule has 3 aromatic rings. The van der Waals surface area contributed by atoms with E-state index in [2.05, 4.69) is 5.32 Å². The molecule has 2 heterocycles. The Morgan fingerprint density at radius 3 is 2.56 bits per heavy atom. The van der Waals surface area contributed by atoms with Crippen LogP contribution in [0.25, 0.3) is 11.0 Å². The summed E-state index contributed by atoms with van der Waals surface area (Å²) in [5, 5.41) is 2.99. The number of likely N-dealkylation sites (tertiary alicyclic amines) is 1. The van der Waals surface area contributed by atoms with Crippen LogP contribution in [-0.2, 0) is 29.0 Å². The molecule has 1 aliphatic heterocycles. The number of ether oxygens (including phenoxy) is 1. The molecule has 7 nitrogen and oxygen atoms in total. The Bertz CT molecular complexity index is 1070. The molecule has 1 fully saturated rings. The van der Waals surface area contributed by atoms with Crippen LogP contribution in [0.5, 0.6) is 5.75 Å². The van der Waals surface area contributed by atoms with E-state index < -0.39 is 0 Å². The van der Waals surface area contributed by atoms with Crippen molar-refractivity contribution in [2.24, 2.45) is 0 Å². The normalized spacial score (nSPS) is 13.5. The Morgan fingerprint density at radius 2 is 1.81 bits per heavy atom. The lowest BCUT2D eigenvalue weighted by molar-refractivity contribution is -0.130. The fraction of sp³-hybridized carbons (Fsp3) is 0.400. The van der Waals surface area contributed by atoms with Gasteiger partial charge in [-0.15, -0.1) is 0 Å². The van der Waals surface area contributed by atoms with E-state index in [1.807, 2.05) is 58.0 Å². The summed E-state index contributed by atoms with van der Waals surface area (Å²) in [6.45, 7) is 2.58. The molecule has 0 bridgehead atoms. The molecule has 0 atom stereocenters. The Morgan fingerprint density at radius 1 is 1.06 bits per heavy atom. The van der Waals surface area contributed by atoms with Crippen molar-refractivity contribution in [2.75, 3.05) is 26.7 Å². The van der Waals surface area contributed by atoms with Gasteiger partial charge in [0.05, 0.1) is 24.6 Å². The topological polar surface area (TPSA) is 76.5 Å². The number of rotatable bonds is 9. The summed E-state index contributed by atoms with van der Waals surface area (Å²) in [5.41, 5.74) is 2.84. The lowest BCUT2D eigenvalue weighted by atomic mass is 10.1. The average molecular weight is 435 g/mol. The highest BCUT2D eigenvalue weighted by Crippen LogP contribution is 2.18. The third kappa shape index (κ3) is 5.28. The molecule has 0 radical (unpaired) electrons. The monoisotopic (exact) mass is 434 g/mol. The molecule has 1 saturated heterocycles. The van der Waals surface area contributed by atoms with Crippen molar-refractivity contribution in [3.8, 4) is 5.75 Å². The second-order valence-corrected chi connectivity index (χ2v) is 8.17. The zero-order chi connectivity index (χ0) is 22.3. The molecule has 1 N–H and O–H groups in total. The van der Waals surface area contributed by atoms with Gasteiger partial charge in [0.15, 0.2) is 0 Å². The van der Waals surface area contributed by atoms with Crippen LogP contribution in [0.2, 0.25) is 0 Å². The summed E-state index contributed by atoms with van der Waals surface area (Å²) >= 11 is 0. The fourth-order valence-corrected chi connectivity index (χ4v) is 4.16. The average Bonchev–Trinajstić information content (AvgIpc) is 3.46. The van der Waals surface area contributed by atoms with Crippen molar-refractivity contribution >= 4 is 22.8 Å². The number of hydrogen-bond acceptors (Lipinski definition) is 4. The first-order chi connectivity index (χ1) is 15.6. The summed E-state index contributed by atoms with van der Waals surface area (Å²) in [4.78, 5) is 31.7. The van der Waals surface area contributed by atoms with Crippen LogP contribution in [0, 0.1) is 0 Å². The van der Waals surface area contributed by atoms with Gasteiger partial charge in [0.25, 0.3) is 0 Å². The largest absolute Gasteiger partial charge is 0.497 e. The number of aryl methyl sites for hydroxylation is 1. The molecular formula is C25H30N4O3. The first-order valence-corrected chi connectivity index (χ1v) is 11.3. The number of aromatic nitrogens is 2. The second-order valence-electron chi connectivity index (χ2n) is 8.17. The van der Waals surface area contributed by atoms with Crippen LogP contribution >= 0.6 is 0 Å². The summed E-state index contributed by atoms with van der Waals surface area (Å²) in [6.07, 6.45) is 3.96. The number of nitrogens with one attached hydrogen (secondary N) is 1. The van der Waals surface area contributed by atoms with Gasteiger partial charge in [0.2, 0.25) is 11.8 Å². The Labute approximate surface area is 188 Å². The SMILES string of the molecule is COc1ccc(CC(=O)NCCCc2nc3ccccc3n2CC(=O)N2CCCC2)cc1. The molecule has 4 rings (SSSR count). The van der Waals surface area contributed by atoms with Crippen LogP contribution in [0.1, 0.15) is 30.7 Å². The standard InChI is InChI=1S/C25H30N4O3/c1-32-20-12-10-19(11-13-20)17-24(30)26-14-6-9-23-27-21-7-2-3-8-22(21)29(23)18-25(31)28-15-4-5-16-28/h2-3,7-8,10-13H,4-6,9,14-18H2,1H3,(H,26,30). The number of carbonyl (C=O) groups excluding carboxylic acids is 2. The fourth-order valence-electron chi connectivity index (χ4n) is 4.16. The number of para-hydroxylation sites is 2. The van der Waals surface area contributed by atoms with E-state index in [0.29, 0.717) is 25.9 Å². The predicted octanol–water partition coefficient (Wildman–Crippen LogP) is 2.96. The number of imidazole rings is 1. The smallest absolute Gasteiger partial charge is 0.242 e. The maximum atomic E-state index is 12.8. The Kier molecular flexibility index (Phi) is 7.04. The van der Waals surface area contributed by atoms with Crippen LogP contribution in [0.15, 0.2) is 48.5 Å². The van der Waals surface area contributed by atoms with Crippen LogP contribution in [0.3, 0.4) is 0 Å². The molecule has 2 amide bonds. The van der Waals surface area contributed by atoms with E-state index in [9.17, 15) is 9.59 Å². The van der Waals surface area contributed by atoms with Gasteiger partial charge in [0.1, 0.15) is 18.1 Å². The van der Waals surface area contributed by atoms with Gasteiger partial charge in [-0.25, -0.2) is 4.98 Å². The van der Waals surface area contributed by atoms with E-state index in [1.54, 1.807) is 7.11 Å². The first-order valence-electron chi connectivity index (χ1n) is 11.3. The number of methoxy groups -OCH3 is 1. The van der Waals surface area contributed by atoms with Gasteiger partial charge in [-0.1, -0.05) is 24.3 Å². The quantitative estimate of drug-likeness (QED) is 0.526. The lowest BCUT2D eigenvalue weighted by Crippen LogP contribution is -2.31. The highest BCUT2D eigenvalue weighted by Gasteiger charge is 2.20. The molecule has 0 saturated carbocycles. The van der Waals surface area contributed by atoms with Crippen molar-refractivity contribution in [1.29, 1.82) is 0 Å². The molecule has 168 valence electrons. The minimum Gasteiger partial charge on any atom is -0.497 e. The summed E-state index contributed by atoms with van der Waals surface area (Å²) in [7, 11) is 1.62. The lowest BCUT2D eigenvalue weighted by Gasteiger charge is -2.17. The highest BCUT2D eigenvalue weighted by atomic mass is 16.5. The third-order valence-electron chi connectivity index (χ3n) is 5.91. The molecule has 1 aliphatic rings. The molecule has 0 aliphatic carbocycles. The van der Waals surface area contributed by atoms with E-state index in [4.69, 9.17) is 9.72 Å². The van der Waals surface area contributed by atoms with Gasteiger partial charge in [-0.3, -0.25) is 9.59 Å². The number of carbonyl (C=O) groups is 2. The summed E-state index contributed by atoms with van der Waals surface area (Å²) < 4.78 is 7.18. The summed E-state index contributed by atoms with van der Waals surface area (Å²) in [6, 6.07) is 15.4. The minimum atomic E-state index is -0.00659. The van der Waals surface area contributed by atoms with Gasteiger partial charge < -0.3 is 19.5 Å². The molecule has 0 unspecified atom stereocenters. The first kappa shape index (κ1) is 21.9. The maximum Gasteiger partial charge on any atom is 0.242 e. The van der Waals surface area contributed by atoms with Crippen molar-refractivity contribution in [1.82, 2.24) is 19.8 Å². The number of fused-ring (bicyclic) bond motifs is 1. The number of amides is 2. The number of benzene rings is 2. The van der Waals surface area contributed by atoms with E-state index in [-0.39, 0.29) is 11.8 Å². The Hall–Kier alpha value is -3.35. The van der Waals surface area contributed by atoms with Crippen molar-refractivity contribution < 1.29 is 14.3 Å². The minimum absolute atomic E-state index is 0.00659. The predicted molar refractivity (Wildman–Crippen MR) is 124 cm³/mol. The highest BCUT2D eigenvalue weighted by molar-refractivity contribution is 5.81. The zero-order valence-electron chi connectivity index (χ0n) is 18.5. The third-order valence-corrected chi connectivity index (χ3v) is 5.91. The molecule has 1 aromatic heterocycles. The van der Waals surface area contributed by atoms with E-state index >= 15 is 0 Å². The molecule has 7 heteroatoms. The van der Waals surface area contributed by atoms with E-state index in [1.165, 1.54) is 0 Å². The Balaban J connectivity index is 1.33. The number of hydrogen-bond donors (Lipinski definition) is 1. The van der Waals surface area contributed by atoms with Gasteiger partial charge >= 0.3 is 0 Å². The van der Waals surface area contributed by atoms with Crippen LogP contribution in [0.4, 0.5) is 0 Å².